The van der Waals surface area contributed by atoms with E-state index in [2.05, 4.69) is 20.5 Å². The minimum Gasteiger partial charge on any atom is -0.872 e. The molecule has 29 heavy (non-hydrogen) atoms. The number of rotatable bonds is 5. The van der Waals surface area contributed by atoms with E-state index in [0.29, 0.717) is 17.1 Å². The average molecular weight is 383 g/mol. The lowest BCUT2D eigenvalue weighted by Crippen LogP contribution is -2.06. The number of hydrogen-bond acceptors (Lipinski definition) is 6. The summed E-state index contributed by atoms with van der Waals surface area (Å²) in [6.45, 7) is 0. The van der Waals surface area contributed by atoms with Gasteiger partial charge in [-0.2, -0.15) is 0 Å². The van der Waals surface area contributed by atoms with Crippen molar-refractivity contribution >= 4 is 17.6 Å². The molecule has 0 unspecified atom stereocenters. The summed E-state index contributed by atoms with van der Waals surface area (Å²) in [4.78, 5) is 15.6. The van der Waals surface area contributed by atoms with E-state index >= 15 is 0 Å². The number of nitrogens with zero attached hydrogens (tertiary/aromatic N) is 3. The second-order valence-corrected chi connectivity index (χ2v) is 6.21. The molecule has 0 atom stereocenters. The zero-order valence-electron chi connectivity index (χ0n) is 15.1. The second-order valence-electron chi connectivity index (χ2n) is 6.21. The third kappa shape index (κ3) is 3.89. The van der Waals surface area contributed by atoms with Crippen LogP contribution in [-0.2, 0) is 0 Å². The van der Waals surface area contributed by atoms with Crippen molar-refractivity contribution in [1.82, 2.24) is 15.2 Å². The first-order valence-corrected chi connectivity index (χ1v) is 8.79. The number of hydrogen-bond donors (Lipinski definition) is 2. The topological polar surface area (TPSA) is 111 Å². The van der Waals surface area contributed by atoms with Crippen LogP contribution in [0.5, 0.6) is 5.75 Å². The minimum absolute atomic E-state index is 0.200. The molecule has 0 fully saturated rings. The van der Waals surface area contributed by atoms with Gasteiger partial charge in [-0.25, -0.2) is 9.78 Å². The van der Waals surface area contributed by atoms with E-state index in [9.17, 15) is 9.90 Å². The fourth-order valence-corrected chi connectivity index (χ4v) is 2.87. The fraction of sp³-hybridized carbons (Fsp3) is 0. The molecule has 4 rings (SSSR count). The molecule has 0 aliphatic heterocycles. The molecule has 3 aromatic carbocycles. The van der Waals surface area contributed by atoms with E-state index in [-0.39, 0.29) is 11.5 Å². The molecule has 0 aliphatic carbocycles. The van der Waals surface area contributed by atoms with Gasteiger partial charge in [0.1, 0.15) is 11.4 Å². The molecule has 1 heterocycles. The predicted molar refractivity (Wildman–Crippen MR) is 107 cm³/mol. The monoisotopic (exact) mass is 383 g/mol. The van der Waals surface area contributed by atoms with Crippen molar-refractivity contribution in [3.05, 3.63) is 84.4 Å². The molecule has 7 nitrogen and oxygen atoms in total. The number of aromatic nitrogens is 3. The van der Waals surface area contributed by atoms with Gasteiger partial charge < -0.3 is 15.5 Å². The van der Waals surface area contributed by atoms with Crippen LogP contribution in [-0.4, -0.2) is 26.3 Å². The van der Waals surface area contributed by atoms with Crippen LogP contribution >= 0.6 is 0 Å². The standard InChI is InChI=1S/C22H16N4O3/c27-18-13-16(11-12-17(18)21(28)29)23-22-24-19(14-7-3-1-4-8-14)20(25-26-22)15-9-5-2-6-10-15/h1-13,27H,(H,28,29)(H,23,24,26)/p-1. The van der Waals surface area contributed by atoms with Gasteiger partial charge in [0.15, 0.2) is 0 Å². The van der Waals surface area contributed by atoms with Crippen LogP contribution in [0.1, 0.15) is 10.4 Å². The first-order valence-electron chi connectivity index (χ1n) is 8.79. The van der Waals surface area contributed by atoms with Crippen molar-refractivity contribution in [2.75, 3.05) is 5.32 Å². The normalized spacial score (nSPS) is 10.5. The Balaban J connectivity index is 1.74. The average Bonchev–Trinajstić information content (AvgIpc) is 2.75. The Morgan fingerprint density at radius 1 is 0.828 bits per heavy atom. The first kappa shape index (κ1) is 18.1. The van der Waals surface area contributed by atoms with E-state index in [0.717, 1.165) is 11.1 Å². The predicted octanol–water partition coefficient (Wildman–Crippen LogP) is 3.72. The molecule has 0 saturated heterocycles. The Labute approximate surface area is 166 Å². The third-order valence-corrected chi connectivity index (χ3v) is 4.25. The Morgan fingerprint density at radius 2 is 1.45 bits per heavy atom. The summed E-state index contributed by atoms with van der Waals surface area (Å²) in [7, 11) is 0. The van der Waals surface area contributed by atoms with Gasteiger partial charge >= 0.3 is 5.97 Å². The SMILES string of the molecule is O=C(O)c1ccc(Nc2nnc(-c3ccccc3)c(-c3ccccc3)n2)cc1[O-]. The summed E-state index contributed by atoms with van der Waals surface area (Å²) in [5, 5.41) is 32.3. The van der Waals surface area contributed by atoms with Gasteiger partial charge in [0.25, 0.3) is 0 Å². The quantitative estimate of drug-likeness (QED) is 0.540. The smallest absolute Gasteiger partial charge is 0.335 e. The van der Waals surface area contributed by atoms with Crippen LogP contribution in [0.4, 0.5) is 11.6 Å². The van der Waals surface area contributed by atoms with Gasteiger partial charge in [0.2, 0.25) is 5.95 Å². The molecular weight excluding hydrogens is 368 g/mol. The minimum atomic E-state index is -1.27. The van der Waals surface area contributed by atoms with Crippen molar-refractivity contribution < 1.29 is 15.0 Å². The molecule has 0 bridgehead atoms. The van der Waals surface area contributed by atoms with Crippen molar-refractivity contribution in [3.8, 4) is 28.3 Å². The highest BCUT2D eigenvalue weighted by Gasteiger charge is 2.14. The zero-order valence-corrected chi connectivity index (χ0v) is 15.1. The number of anilines is 2. The Hall–Kier alpha value is -4.26. The maximum absolute atomic E-state index is 11.9. The highest BCUT2D eigenvalue weighted by Crippen LogP contribution is 2.29. The first-order chi connectivity index (χ1) is 14.1. The molecule has 1 aromatic heterocycles. The number of benzene rings is 3. The molecule has 0 aliphatic rings. The lowest BCUT2D eigenvalue weighted by atomic mass is 10.0. The molecule has 7 heteroatoms. The summed E-state index contributed by atoms with van der Waals surface area (Å²) in [5.74, 6) is -1.66. The number of carbonyl (C=O) groups is 1. The van der Waals surface area contributed by atoms with Gasteiger partial charge in [-0.1, -0.05) is 66.4 Å². The van der Waals surface area contributed by atoms with Gasteiger partial charge in [-0.05, 0) is 18.2 Å². The van der Waals surface area contributed by atoms with E-state index in [1.165, 1.54) is 18.2 Å². The van der Waals surface area contributed by atoms with Gasteiger partial charge in [0, 0.05) is 16.8 Å². The largest absolute Gasteiger partial charge is 0.872 e. The third-order valence-electron chi connectivity index (χ3n) is 4.25. The summed E-state index contributed by atoms with van der Waals surface area (Å²) in [6.07, 6.45) is 0. The number of nitrogens with one attached hydrogen (secondary N) is 1. The summed E-state index contributed by atoms with van der Waals surface area (Å²) in [5.41, 5.74) is 3.11. The van der Waals surface area contributed by atoms with Crippen molar-refractivity contribution in [3.63, 3.8) is 0 Å². The molecule has 0 radical (unpaired) electrons. The number of carboxylic acid groups (broad SMARTS) is 1. The number of aromatic carboxylic acids is 1. The van der Waals surface area contributed by atoms with Gasteiger partial charge in [-0.3, -0.25) is 0 Å². The number of carboxylic acids is 1. The van der Waals surface area contributed by atoms with Crippen LogP contribution in [0.3, 0.4) is 0 Å². The molecule has 2 N–H and O–H groups in total. The van der Waals surface area contributed by atoms with Gasteiger partial charge in [0.05, 0.1) is 5.56 Å². The zero-order chi connectivity index (χ0) is 20.2. The molecule has 142 valence electrons. The van der Waals surface area contributed by atoms with E-state index in [1.807, 2.05) is 60.7 Å². The van der Waals surface area contributed by atoms with Crippen molar-refractivity contribution in [1.29, 1.82) is 0 Å². The van der Waals surface area contributed by atoms with E-state index in [1.54, 1.807) is 0 Å². The maximum Gasteiger partial charge on any atom is 0.335 e. The Morgan fingerprint density at radius 3 is 2.03 bits per heavy atom. The molecule has 0 spiro atoms. The molecule has 0 saturated carbocycles. The summed E-state index contributed by atoms with van der Waals surface area (Å²) in [6, 6.07) is 23.1. The van der Waals surface area contributed by atoms with Crippen LogP contribution < -0.4 is 10.4 Å². The lowest BCUT2D eigenvalue weighted by Gasteiger charge is -2.14. The Bertz CT molecular complexity index is 1170. The molecular formula is C22H15N4O3-. The van der Waals surface area contributed by atoms with Crippen LogP contribution in [0.2, 0.25) is 0 Å². The second kappa shape index (κ2) is 7.77. The summed E-state index contributed by atoms with van der Waals surface area (Å²) >= 11 is 0. The highest BCUT2D eigenvalue weighted by atomic mass is 16.4. The van der Waals surface area contributed by atoms with Crippen molar-refractivity contribution in [2.24, 2.45) is 0 Å². The van der Waals surface area contributed by atoms with Crippen LogP contribution in [0.15, 0.2) is 78.9 Å². The maximum atomic E-state index is 11.9. The molecule has 4 aromatic rings. The Kier molecular flexibility index (Phi) is 4.86. The molecule has 0 amide bonds. The van der Waals surface area contributed by atoms with Crippen LogP contribution in [0.25, 0.3) is 22.5 Å². The lowest BCUT2D eigenvalue weighted by molar-refractivity contribution is -0.268. The fourth-order valence-electron chi connectivity index (χ4n) is 2.87. The van der Waals surface area contributed by atoms with Crippen molar-refractivity contribution in [2.45, 2.75) is 0 Å². The highest BCUT2D eigenvalue weighted by molar-refractivity contribution is 5.91. The van der Waals surface area contributed by atoms with Crippen LogP contribution in [0, 0.1) is 0 Å². The summed E-state index contributed by atoms with van der Waals surface area (Å²) < 4.78 is 0. The van der Waals surface area contributed by atoms with Gasteiger partial charge in [-0.15, -0.1) is 10.2 Å². The van der Waals surface area contributed by atoms with E-state index < -0.39 is 11.7 Å². The van der Waals surface area contributed by atoms with E-state index in [4.69, 9.17) is 5.11 Å².